The number of carbonyl (C=O) groups is 6. The van der Waals surface area contributed by atoms with E-state index in [-0.39, 0.29) is 50.8 Å². The quantitative estimate of drug-likeness (QED) is 0.0808. The van der Waals surface area contributed by atoms with Crippen molar-refractivity contribution in [1.29, 1.82) is 0 Å². The van der Waals surface area contributed by atoms with Crippen LogP contribution in [-0.2, 0) is 57.1 Å². The highest BCUT2D eigenvalue weighted by Gasteiger charge is 2.51. The molecule has 2 aliphatic heterocycles. The van der Waals surface area contributed by atoms with Crippen LogP contribution in [0, 0.1) is 0 Å². The molecule has 14 heteroatoms. The fourth-order valence-corrected chi connectivity index (χ4v) is 5.14. The lowest BCUT2D eigenvalue weighted by Crippen LogP contribution is -2.36. The van der Waals surface area contributed by atoms with Gasteiger partial charge in [-0.05, 0) is 73.2 Å². The number of esters is 6. The van der Waals surface area contributed by atoms with E-state index in [2.05, 4.69) is 13.2 Å². The molecule has 0 bridgehead atoms. The Morgan fingerprint density at radius 3 is 1.20 bits per heavy atom. The Hall–Kier alpha value is -5.86. The zero-order chi connectivity index (χ0) is 38.7. The topological polar surface area (TPSA) is 176 Å². The summed E-state index contributed by atoms with van der Waals surface area (Å²) in [5, 5.41) is 0. The molecule has 54 heavy (non-hydrogen) atoms. The first-order valence-corrected chi connectivity index (χ1v) is 17.3. The van der Waals surface area contributed by atoms with Gasteiger partial charge in [0.25, 0.3) is 0 Å². The predicted molar refractivity (Wildman–Crippen MR) is 192 cm³/mol. The van der Waals surface area contributed by atoms with Crippen LogP contribution in [0.5, 0.6) is 0 Å². The van der Waals surface area contributed by atoms with E-state index in [1.54, 1.807) is 60.7 Å². The summed E-state index contributed by atoms with van der Waals surface area (Å²) in [6, 6.07) is 12.9. The van der Waals surface area contributed by atoms with Crippen molar-refractivity contribution in [2.45, 2.75) is 50.1 Å². The van der Waals surface area contributed by atoms with Crippen LogP contribution >= 0.6 is 0 Å². The van der Waals surface area contributed by atoms with Crippen molar-refractivity contribution in [3.63, 3.8) is 0 Å². The molecular weight excluding hydrogens is 704 g/mol. The van der Waals surface area contributed by atoms with Gasteiger partial charge in [-0.15, -0.1) is 0 Å². The monoisotopic (exact) mass is 746 g/mol. The summed E-state index contributed by atoms with van der Waals surface area (Å²) in [7, 11) is 0. The van der Waals surface area contributed by atoms with Crippen molar-refractivity contribution in [2.75, 3.05) is 39.6 Å². The number of rotatable bonds is 20. The minimum Gasteiger partial charge on any atom is -0.463 e. The highest BCUT2D eigenvalue weighted by atomic mass is 16.7. The molecule has 0 aliphatic carbocycles. The molecule has 2 unspecified atom stereocenters. The zero-order valence-corrected chi connectivity index (χ0v) is 29.6. The van der Waals surface area contributed by atoms with Gasteiger partial charge in [-0.3, -0.25) is 0 Å². The smallest absolute Gasteiger partial charge is 0.338 e. The SMILES string of the molecule is C=CC(=O)OCCCCOC(=O)/C=C/c1ccc(C(=O)OC2CO[C@@H]3C(OC(=O)c4ccc(/C=C/C(=O)OCCCCOC(=O)C=C)cc4)CO[C@H]23)cc1. The molecule has 0 radical (unpaired) electrons. The Morgan fingerprint density at radius 2 is 0.870 bits per heavy atom. The van der Waals surface area contributed by atoms with E-state index in [9.17, 15) is 28.8 Å². The summed E-state index contributed by atoms with van der Waals surface area (Å²) in [4.78, 5) is 71.7. The Kier molecular flexibility index (Phi) is 16.4. The Bertz CT molecular complexity index is 1570. The van der Waals surface area contributed by atoms with E-state index in [1.807, 2.05) is 0 Å². The van der Waals surface area contributed by atoms with Crippen LogP contribution in [0.3, 0.4) is 0 Å². The van der Waals surface area contributed by atoms with Crippen LogP contribution in [0.15, 0.2) is 86.0 Å². The maximum absolute atomic E-state index is 12.9. The van der Waals surface area contributed by atoms with Crippen LogP contribution in [0.25, 0.3) is 12.2 Å². The van der Waals surface area contributed by atoms with Crippen molar-refractivity contribution < 1.29 is 66.7 Å². The van der Waals surface area contributed by atoms with Crippen LogP contribution in [0.1, 0.15) is 57.5 Å². The third-order valence-electron chi connectivity index (χ3n) is 7.98. The summed E-state index contributed by atoms with van der Waals surface area (Å²) in [5.41, 5.74) is 1.89. The van der Waals surface area contributed by atoms with Crippen LogP contribution < -0.4 is 0 Å². The molecule has 0 saturated carbocycles. The molecule has 4 atom stereocenters. The lowest BCUT2D eigenvalue weighted by Gasteiger charge is -2.17. The molecule has 0 spiro atoms. The van der Waals surface area contributed by atoms with Crippen molar-refractivity contribution >= 4 is 48.0 Å². The van der Waals surface area contributed by atoms with E-state index in [0.717, 1.165) is 12.2 Å². The number of benzene rings is 2. The molecule has 2 aromatic carbocycles. The van der Waals surface area contributed by atoms with Gasteiger partial charge in [-0.2, -0.15) is 0 Å². The maximum Gasteiger partial charge on any atom is 0.338 e. The molecule has 2 aromatic rings. The lowest BCUT2D eigenvalue weighted by atomic mass is 10.1. The third-order valence-corrected chi connectivity index (χ3v) is 7.98. The van der Waals surface area contributed by atoms with Crippen LogP contribution in [0.4, 0.5) is 0 Å². The summed E-state index contributed by atoms with van der Waals surface area (Å²) in [6.07, 6.45) is 7.31. The van der Waals surface area contributed by atoms with Crippen molar-refractivity contribution in [1.82, 2.24) is 0 Å². The molecule has 0 amide bonds. The fraction of sp³-hybridized carbons (Fsp3) is 0.350. The van der Waals surface area contributed by atoms with Crippen LogP contribution in [0.2, 0.25) is 0 Å². The molecule has 4 rings (SSSR count). The van der Waals surface area contributed by atoms with Gasteiger partial charge in [0.15, 0.2) is 12.2 Å². The molecule has 2 heterocycles. The molecule has 2 fully saturated rings. The molecular formula is C40H42O14. The number of carbonyl (C=O) groups excluding carboxylic acids is 6. The average molecular weight is 747 g/mol. The van der Waals surface area contributed by atoms with E-state index in [1.165, 1.54) is 12.2 Å². The van der Waals surface area contributed by atoms with Gasteiger partial charge in [-0.1, -0.05) is 37.4 Å². The molecule has 2 aliphatic rings. The first kappa shape index (κ1) is 40.9. The van der Waals surface area contributed by atoms with Gasteiger partial charge in [0.05, 0.1) is 50.8 Å². The van der Waals surface area contributed by atoms with Crippen LogP contribution in [-0.4, -0.2) is 99.9 Å². The first-order chi connectivity index (χ1) is 26.2. The largest absolute Gasteiger partial charge is 0.463 e. The van der Waals surface area contributed by atoms with Gasteiger partial charge < -0.3 is 37.9 Å². The van der Waals surface area contributed by atoms with E-state index in [4.69, 9.17) is 37.9 Å². The summed E-state index contributed by atoms with van der Waals surface area (Å²) in [6.45, 7) is 7.54. The van der Waals surface area contributed by atoms with E-state index >= 15 is 0 Å². The Balaban J connectivity index is 1.15. The minimum atomic E-state index is -0.714. The lowest BCUT2D eigenvalue weighted by molar-refractivity contribution is -0.140. The summed E-state index contributed by atoms with van der Waals surface area (Å²) in [5.74, 6) is -3.24. The molecule has 0 aromatic heterocycles. The Labute approximate surface area is 312 Å². The zero-order valence-electron chi connectivity index (χ0n) is 29.6. The second-order valence-electron chi connectivity index (χ2n) is 11.9. The molecule has 286 valence electrons. The van der Waals surface area contributed by atoms with E-state index in [0.29, 0.717) is 36.8 Å². The average Bonchev–Trinajstić information content (AvgIpc) is 3.78. The summed E-state index contributed by atoms with van der Waals surface area (Å²) < 4.78 is 42.9. The standard InChI is InChI=1S/C40H42O14/c1-3-33(41)47-21-5-7-23-49-35(43)19-13-27-9-15-29(16-10-27)39(45)53-31-25-51-38-32(26-52-37(31)38)54-40(46)30-17-11-28(12-18-30)14-20-36(44)50-24-8-6-22-48-34(42)4-2/h3-4,9-20,31-32,37-38H,1-2,5-8,21-26H2/b19-13+,20-14+/t31?,32?,37-,38-/m1/s1. The number of unbranched alkanes of at least 4 members (excludes halogenated alkanes) is 2. The number of hydrogen-bond donors (Lipinski definition) is 0. The molecule has 14 nitrogen and oxygen atoms in total. The number of hydrogen-bond acceptors (Lipinski definition) is 14. The van der Waals surface area contributed by atoms with E-state index < -0.39 is 60.2 Å². The minimum absolute atomic E-state index is 0.0622. The Morgan fingerprint density at radius 1 is 0.537 bits per heavy atom. The second kappa shape index (κ2) is 21.6. The highest BCUT2D eigenvalue weighted by molar-refractivity contribution is 5.91. The molecule has 0 N–H and O–H groups in total. The maximum atomic E-state index is 12.9. The third kappa shape index (κ3) is 13.3. The number of fused-ring (bicyclic) bond motifs is 1. The van der Waals surface area contributed by atoms with Gasteiger partial charge >= 0.3 is 35.8 Å². The highest BCUT2D eigenvalue weighted by Crippen LogP contribution is 2.31. The predicted octanol–water partition coefficient (Wildman–Crippen LogP) is 4.37. The van der Waals surface area contributed by atoms with Gasteiger partial charge in [0.2, 0.25) is 0 Å². The normalized spacial score (nSPS) is 18.7. The van der Waals surface area contributed by atoms with Gasteiger partial charge in [0, 0.05) is 24.3 Å². The van der Waals surface area contributed by atoms with Crippen molar-refractivity contribution in [3.8, 4) is 0 Å². The number of ether oxygens (including phenoxy) is 8. The first-order valence-electron chi connectivity index (χ1n) is 17.3. The summed E-state index contributed by atoms with van der Waals surface area (Å²) >= 11 is 0. The van der Waals surface area contributed by atoms with Gasteiger partial charge in [-0.25, -0.2) is 28.8 Å². The molecule has 2 saturated heterocycles. The van der Waals surface area contributed by atoms with Crippen molar-refractivity contribution in [2.24, 2.45) is 0 Å². The second-order valence-corrected chi connectivity index (χ2v) is 11.9. The van der Waals surface area contributed by atoms with Gasteiger partial charge in [0.1, 0.15) is 12.2 Å². The fourth-order valence-electron chi connectivity index (χ4n) is 5.14. The van der Waals surface area contributed by atoms with Crippen molar-refractivity contribution in [3.05, 3.63) is 108 Å².